The lowest BCUT2D eigenvalue weighted by atomic mass is 10.1. The first-order valence-electron chi connectivity index (χ1n) is 8.56. The molecule has 0 bridgehead atoms. The lowest BCUT2D eigenvalue weighted by Crippen LogP contribution is -2.10. The van der Waals surface area contributed by atoms with Crippen LogP contribution in [-0.4, -0.2) is 31.9 Å². The van der Waals surface area contributed by atoms with E-state index in [2.05, 4.69) is 10.1 Å². The molecule has 8 heteroatoms. The van der Waals surface area contributed by atoms with Crippen molar-refractivity contribution in [3.63, 3.8) is 0 Å². The maximum atomic E-state index is 13.8. The SMILES string of the molecule is CCOC(=O)/C=C\n1c2ccc(F)cc2c(=O)c2ccc(-n3cncn3)cc21. The number of esters is 1. The van der Waals surface area contributed by atoms with E-state index in [0.29, 0.717) is 22.1 Å². The number of rotatable bonds is 4. The first-order chi connectivity index (χ1) is 13.6. The third kappa shape index (κ3) is 3.05. The minimum atomic E-state index is -0.517. The molecule has 7 nitrogen and oxygen atoms in total. The van der Waals surface area contributed by atoms with Gasteiger partial charge in [0.25, 0.3) is 0 Å². The van der Waals surface area contributed by atoms with Crippen molar-refractivity contribution >= 4 is 34.0 Å². The zero-order chi connectivity index (χ0) is 19.7. The maximum absolute atomic E-state index is 13.8. The minimum Gasteiger partial charge on any atom is -0.463 e. The third-order valence-corrected chi connectivity index (χ3v) is 4.28. The van der Waals surface area contributed by atoms with E-state index < -0.39 is 11.8 Å². The molecule has 0 atom stereocenters. The fraction of sp³-hybridized carbons (Fsp3) is 0.100. The van der Waals surface area contributed by atoms with Gasteiger partial charge in [-0.1, -0.05) is 0 Å². The van der Waals surface area contributed by atoms with Gasteiger partial charge in [0.15, 0.2) is 5.43 Å². The highest BCUT2D eigenvalue weighted by atomic mass is 19.1. The van der Waals surface area contributed by atoms with Gasteiger partial charge in [0, 0.05) is 23.0 Å². The lowest BCUT2D eigenvalue weighted by Gasteiger charge is -2.13. The highest BCUT2D eigenvalue weighted by molar-refractivity contribution is 5.97. The predicted molar refractivity (Wildman–Crippen MR) is 103 cm³/mol. The van der Waals surface area contributed by atoms with Crippen molar-refractivity contribution in [2.75, 3.05) is 6.61 Å². The van der Waals surface area contributed by atoms with Crippen LogP contribution in [0.2, 0.25) is 0 Å². The highest BCUT2D eigenvalue weighted by Crippen LogP contribution is 2.23. The Labute approximate surface area is 158 Å². The average Bonchev–Trinajstić information content (AvgIpc) is 3.23. The van der Waals surface area contributed by atoms with Crippen LogP contribution < -0.4 is 5.43 Å². The highest BCUT2D eigenvalue weighted by Gasteiger charge is 2.12. The molecular formula is C20H15FN4O3. The molecule has 2 heterocycles. The van der Waals surface area contributed by atoms with Gasteiger partial charge in [0.05, 0.1) is 23.3 Å². The molecule has 0 aliphatic heterocycles. The van der Waals surface area contributed by atoms with E-state index in [0.717, 1.165) is 0 Å². The largest absolute Gasteiger partial charge is 0.463 e. The number of aromatic nitrogens is 4. The van der Waals surface area contributed by atoms with Crippen LogP contribution in [0, 0.1) is 5.82 Å². The number of ether oxygens (including phenoxy) is 1. The van der Waals surface area contributed by atoms with Gasteiger partial charge in [0.1, 0.15) is 18.5 Å². The standard InChI is InChI=1S/C20H15FN4O3/c1-2-28-19(26)7-8-24-17-6-3-13(21)9-16(17)20(27)15-5-4-14(10-18(15)24)25-12-22-11-23-25/h3-12H,2H2,1H3/b8-7-. The molecule has 0 radical (unpaired) electrons. The van der Waals surface area contributed by atoms with E-state index in [9.17, 15) is 14.0 Å². The number of hydrogen-bond donors (Lipinski definition) is 0. The Balaban J connectivity index is 2.04. The Morgan fingerprint density at radius 3 is 2.79 bits per heavy atom. The van der Waals surface area contributed by atoms with Crippen LogP contribution in [0.5, 0.6) is 0 Å². The number of pyridine rings is 1. The van der Waals surface area contributed by atoms with Crippen molar-refractivity contribution < 1.29 is 13.9 Å². The molecule has 0 aliphatic rings. The summed E-state index contributed by atoms with van der Waals surface area (Å²) in [7, 11) is 0. The number of benzene rings is 2. The Morgan fingerprint density at radius 2 is 2.04 bits per heavy atom. The summed E-state index contributed by atoms with van der Waals surface area (Å²) >= 11 is 0. The van der Waals surface area contributed by atoms with Gasteiger partial charge in [-0.05, 0) is 43.3 Å². The Morgan fingerprint density at radius 1 is 1.18 bits per heavy atom. The summed E-state index contributed by atoms with van der Waals surface area (Å²) in [4.78, 5) is 28.6. The number of nitrogens with zero attached hydrogens (tertiary/aromatic N) is 4. The van der Waals surface area contributed by atoms with Crippen LogP contribution in [-0.2, 0) is 9.53 Å². The van der Waals surface area contributed by atoms with Crippen molar-refractivity contribution in [1.82, 2.24) is 19.3 Å². The maximum Gasteiger partial charge on any atom is 0.332 e. The van der Waals surface area contributed by atoms with Crippen LogP contribution in [0.3, 0.4) is 0 Å². The molecule has 0 saturated carbocycles. The van der Waals surface area contributed by atoms with Gasteiger partial charge in [0.2, 0.25) is 0 Å². The molecule has 4 aromatic rings. The molecule has 0 N–H and O–H groups in total. The molecule has 2 aromatic heterocycles. The molecule has 0 unspecified atom stereocenters. The van der Waals surface area contributed by atoms with Crippen molar-refractivity contribution in [1.29, 1.82) is 0 Å². The number of hydrogen-bond acceptors (Lipinski definition) is 5. The predicted octanol–water partition coefficient (Wildman–Crippen LogP) is 2.91. The van der Waals surface area contributed by atoms with E-state index in [1.165, 1.54) is 43.1 Å². The van der Waals surface area contributed by atoms with E-state index in [-0.39, 0.29) is 17.4 Å². The summed E-state index contributed by atoms with van der Waals surface area (Å²) in [5.41, 5.74) is 1.40. The summed E-state index contributed by atoms with van der Waals surface area (Å²) in [6.45, 7) is 1.96. The van der Waals surface area contributed by atoms with Crippen molar-refractivity contribution in [2.24, 2.45) is 0 Å². The zero-order valence-electron chi connectivity index (χ0n) is 14.9. The summed E-state index contributed by atoms with van der Waals surface area (Å²) in [6.07, 6.45) is 5.71. The first kappa shape index (κ1) is 17.6. The van der Waals surface area contributed by atoms with Crippen LogP contribution in [0.25, 0.3) is 33.7 Å². The molecule has 0 amide bonds. The van der Waals surface area contributed by atoms with Gasteiger partial charge >= 0.3 is 5.97 Å². The molecule has 4 rings (SSSR count). The van der Waals surface area contributed by atoms with Crippen molar-refractivity contribution in [3.8, 4) is 5.69 Å². The van der Waals surface area contributed by atoms with Gasteiger partial charge in [-0.2, -0.15) is 5.10 Å². The fourth-order valence-electron chi connectivity index (χ4n) is 3.06. The van der Waals surface area contributed by atoms with Gasteiger partial charge in [-0.3, -0.25) is 4.79 Å². The Bertz CT molecular complexity index is 1280. The molecule has 28 heavy (non-hydrogen) atoms. The Kier molecular flexibility index (Phi) is 4.44. The molecule has 0 spiro atoms. The van der Waals surface area contributed by atoms with Crippen LogP contribution in [0.4, 0.5) is 4.39 Å². The number of carbonyl (C=O) groups is 1. The van der Waals surface area contributed by atoms with E-state index in [4.69, 9.17) is 4.74 Å². The summed E-state index contributed by atoms with van der Waals surface area (Å²) in [5.74, 6) is -1.03. The summed E-state index contributed by atoms with van der Waals surface area (Å²) in [6, 6.07) is 9.09. The number of carbonyl (C=O) groups excluding carboxylic acids is 1. The molecular weight excluding hydrogens is 363 g/mol. The van der Waals surface area contributed by atoms with E-state index in [1.807, 2.05) is 0 Å². The van der Waals surface area contributed by atoms with Crippen LogP contribution in [0.1, 0.15) is 6.92 Å². The van der Waals surface area contributed by atoms with Gasteiger partial charge in [-0.25, -0.2) is 18.9 Å². The van der Waals surface area contributed by atoms with Crippen molar-refractivity contribution in [3.05, 3.63) is 71.2 Å². The van der Waals surface area contributed by atoms with Crippen LogP contribution in [0.15, 0.2) is 59.9 Å². The molecule has 0 saturated heterocycles. The smallest absolute Gasteiger partial charge is 0.332 e. The zero-order valence-corrected chi connectivity index (χ0v) is 14.9. The normalized spacial score (nSPS) is 11.5. The summed E-state index contributed by atoms with van der Waals surface area (Å²) in [5, 5.41) is 4.70. The van der Waals surface area contributed by atoms with Gasteiger partial charge in [-0.15, -0.1) is 0 Å². The number of halogens is 1. The number of fused-ring (bicyclic) bond motifs is 2. The third-order valence-electron chi connectivity index (χ3n) is 4.28. The van der Waals surface area contributed by atoms with Gasteiger partial charge < -0.3 is 9.30 Å². The lowest BCUT2D eigenvalue weighted by molar-refractivity contribution is -0.137. The Hall–Kier alpha value is -3.81. The minimum absolute atomic E-state index is 0.217. The van der Waals surface area contributed by atoms with Crippen molar-refractivity contribution in [2.45, 2.75) is 6.92 Å². The molecule has 140 valence electrons. The van der Waals surface area contributed by atoms with E-state index >= 15 is 0 Å². The molecule has 2 aromatic carbocycles. The second-order valence-corrected chi connectivity index (χ2v) is 5.97. The second kappa shape index (κ2) is 7.07. The average molecular weight is 378 g/mol. The fourth-order valence-corrected chi connectivity index (χ4v) is 3.06. The van der Waals surface area contributed by atoms with E-state index in [1.54, 1.807) is 34.4 Å². The first-order valence-corrected chi connectivity index (χ1v) is 8.56. The second-order valence-electron chi connectivity index (χ2n) is 5.97. The van der Waals surface area contributed by atoms with Crippen LogP contribution >= 0.6 is 0 Å². The monoisotopic (exact) mass is 378 g/mol. The molecule has 0 aliphatic carbocycles. The quantitative estimate of drug-likeness (QED) is 0.310. The molecule has 0 fully saturated rings. The topological polar surface area (TPSA) is 79.0 Å². The summed E-state index contributed by atoms with van der Waals surface area (Å²) < 4.78 is 21.9.